The Bertz CT molecular complexity index is 601. The van der Waals surface area contributed by atoms with Crippen LogP contribution in [-0.4, -0.2) is 5.91 Å². The first-order valence-corrected chi connectivity index (χ1v) is 7.47. The van der Waals surface area contributed by atoms with Crippen LogP contribution in [0, 0.1) is 16.7 Å². The van der Waals surface area contributed by atoms with Gasteiger partial charge in [0.05, 0.1) is 17.9 Å². The van der Waals surface area contributed by atoms with Gasteiger partial charge < -0.3 is 5.32 Å². The molecule has 0 aliphatic carbocycles. The molecule has 3 heteroatoms. The molecule has 1 aliphatic rings. The van der Waals surface area contributed by atoms with Gasteiger partial charge in [-0.1, -0.05) is 51.0 Å². The first-order valence-electron chi connectivity index (χ1n) is 7.47. The molecule has 1 N–H and O–H groups in total. The maximum Gasteiger partial charge on any atom is 0.237 e. The van der Waals surface area contributed by atoms with Crippen LogP contribution >= 0.6 is 0 Å². The highest BCUT2D eigenvalue weighted by Gasteiger charge is 2.56. The molecule has 1 aromatic rings. The van der Waals surface area contributed by atoms with Gasteiger partial charge >= 0.3 is 0 Å². The highest BCUT2D eigenvalue weighted by molar-refractivity contribution is 6.07. The SMILES string of the molecule is C=C[C@@](C)(CCCC)[C@@]1(CC#N)C(=O)Nc2ccccc21. The number of nitriles is 1. The Morgan fingerprint density at radius 3 is 2.81 bits per heavy atom. The van der Waals surface area contributed by atoms with E-state index in [9.17, 15) is 10.1 Å². The van der Waals surface area contributed by atoms with Crippen molar-refractivity contribution in [2.45, 2.75) is 44.9 Å². The minimum atomic E-state index is -0.838. The van der Waals surface area contributed by atoms with Gasteiger partial charge in [-0.05, 0) is 18.1 Å². The van der Waals surface area contributed by atoms with Crippen molar-refractivity contribution in [3.8, 4) is 6.07 Å². The van der Waals surface area contributed by atoms with Gasteiger partial charge in [-0.2, -0.15) is 5.26 Å². The van der Waals surface area contributed by atoms with E-state index in [2.05, 4.69) is 31.8 Å². The largest absolute Gasteiger partial charge is 0.325 e. The molecule has 0 aromatic heterocycles. The normalized spacial score (nSPS) is 22.8. The molecule has 0 bridgehead atoms. The lowest BCUT2D eigenvalue weighted by Crippen LogP contribution is -2.48. The zero-order chi connectivity index (χ0) is 15.5. The predicted octanol–water partition coefficient (Wildman–Crippen LogP) is 4.17. The third-order valence-corrected chi connectivity index (χ3v) is 4.84. The van der Waals surface area contributed by atoms with Crippen molar-refractivity contribution in [1.82, 2.24) is 0 Å². The summed E-state index contributed by atoms with van der Waals surface area (Å²) in [6.45, 7) is 8.15. The van der Waals surface area contributed by atoms with E-state index in [0.29, 0.717) is 0 Å². The number of hydrogen-bond donors (Lipinski definition) is 1. The molecular formula is C18H22N2O. The van der Waals surface area contributed by atoms with Crippen LogP contribution in [0.4, 0.5) is 5.69 Å². The molecule has 2 rings (SSSR count). The molecule has 0 radical (unpaired) electrons. The highest BCUT2D eigenvalue weighted by Crippen LogP contribution is 2.54. The summed E-state index contributed by atoms with van der Waals surface area (Å²) in [7, 11) is 0. The predicted molar refractivity (Wildman–Crippen MR) is 84.8 cm³/mol. The van der Waals surface area contributed by atoms with E-state index in [0.717, 1.165) is 30.5 Å². The minimum absolute atomic E-state index is 0.0799. The molecule has 1 heterocycles. The van der Waals surface area contributed by atoms with Crippen molar-refractivity contribution in [1.29, 1.82) is 5.26 Å². The summed E-state index contributed by atoms with van der Waals surface area (Å²) in [4.78, 5) is 12.8. The zero-order valence-corrected chi connectivity index (χ0v) is 12.8. The third kappa shape index (κ3) is 2.15. The van der Waals surface area contributed by atoms with E-state index in [-0.39, 0.29) is 12.3 Å². The number of nitrogens with zero attached hydrogens (tertiary/aromatic N) is 1. The van der Waals surface area contributed by atoms with Gasteiger partial charge in [0.25, 0.3) is 0 Å². The Balaban J connectivity index is 2.63. The summed E-state index contributed by atoms with van der Waals surface area (Å²) in [6.07, 6.45) is 4.93. The van der Waals surface area contributed by atoms with Gasteiger partial charge in [-0.25, -0.2) is 0 Å². The molecule has 0 unspecified atom stereocenters. The van der Waals surface area contributed by atoms with Crippen LogP contribution in [0.3, 0.4) is 0 Å². The van der Waals surface area contributed by atoms with Crippen LogP contribution < -0.4 is 5.32 Å². The van der Waals surface area contributed by atoms with Crippen LogP contribution in [0.25, 0.3) is 0 Å². The zero-order valence-electron chi connectivity index (χ0n) is 12.8. The van der Waals surface area contributed by atoms with Gasteiger partial charge in [0.1, 0.15) is 0 Å². The van der Waals surface area contributed by atoms with Crippen LogP contribution in [0.15, 0.2) is 36.9 Å². The number of nitrogens with one attached hydrogen (secondary N) is 1. The first-order chi connectivity index (χ1) is 10.1. The number of anilines is 1. The number of unbranched alkanes of at least 4 members (excludes halogenated alkanes) is 1. The Morgan fingerprint density at radius 1 is 1.48 bits per heavy atom. The summed E-state index contributed by atoms with van der Waals surface area (Å²) >= 11 is 0. The van der Waals surface area contributed by atoms with Crippen molar-refractivity contribution in [2.24, 2.45) is 5.41 Å². The van der Waals surface area contributed by atoms with Crippen LogP contribution in [-0.2, 0) is 10.2 Å². The minimum Gasteiger partial charge on any atom is -0.325 e. The lowest BCUT2D eigenvalue weighted by atomic mass is 9.58. The fourth-order valence-electron chi connectivity index (χ4n) is 3.41. The van der Waals surface area contributed by atoms with Crippen LogP contribution in [0.2, 0.25) is 0 Å². The Morgan fingerprint density at radius 2 is 2.19 bits per heavy atom. The summed E-state index contributed by atoms with van der Waals surface area (Å²) in [5, 5.41) is 12.3. The smallest absolute Gasteiger partial charge is 0.237 e. The number of benzene rings is 1. The number of rotatable bonds is 6. The van der Waals surface area contributed by atoms with E-state index < -0.39 is 10.8 Å². The van der Waals surface area contributed by atoms with E-state index in [1.807, 2.05) is 30.3 Å². The standard InChI is InChI=1S/C18H22N2O/c1-4-6-11-17(3,5-2)18(12-13-19)14-9-7-8-10-15(14)20-16(18)21/h5,7-10H,2,4,6,11-12H2,1,3H3,(H,20,21)/t17-,18+/m0/s1. The van der Waals surface area contributed by atoms with Crippen molar-refractivity contribution in [3.05, 3.63) is 42.5 Å². The van der Waals surface area contributed by atoms with Crippen LogP contribution in [0.1, 0.15) is 45.1 Å². The Kier molecular flexibility index (Phi) is 4.18. The molecule has 0 fully saturated rings. The Labute approximate surface area is 126 Å². The summed E-state index contributed by atoms with van der Waals surface area (Å²) < 4.78 is 0. The summed E-state index contributed by atoms with van der Waals surface area (Å²) in [5.41, 5.74) is 0.474. The van der Waals surface area contributed by atoms with E-state index in [1.165, 1.54) is 0 Å². The van der Waals surface area contributed by atoms with Crippen molar-refractivity contribution >= 4 is 11.6 Å². The number of fused-ring (bicyclic) bond motifs is 1. The van der Waals surface area contributed by atoms with Gasteiger partial charge in [0, 0.05) is 11.1 Å². The first kappa shape index (κ1) is 15.3. The fourth-order valence-corrected chi connectivity index (χ4v) is 3.41. The van der Waals surface area contributed by atoms with Gasteiger partial charge in [-0.15, -0.1) is 6.58 Å². The summed E-state index contributed by atoms with van der Waals surface area (Å²) in [6, 6.07) is 9.91. The number of carbonyl (C=O) groups excluding carboxylic acids is 1. The number of amides is 1. The molecule has 0 spiro atoms. The number of carbonyl (C=O) groups is 1. The van der Waals surface area contributed by atoms with Crippen molar-refractivity contribution < 1.29 is 4.79 Å². The molecule has 3 nitrogen and oxygen atoms in total. The summed E-state index contributed by atoms with van der Waals surface area (Å²) in [5.74, 6) is -0.0799. The average Bonchev–Trinajstić information content (AvgIpc) is 2.79. The maximum atomic E-state index is 12.8. The van der Waals surface area contributed by atoms with E-state index in [4.69, 9.17) is 0 Å². The number of allylic oxidation sites excluding steroid dienone is 1. The molecular weight excluding hydrogens is 260 g/mol. The molecule has 1 aromatic carbocycles. The topological polar surface area (TPSA) is 52.9 Å². The third-order valence-electron chi connectivity index (χ3n) is 4.84. The van der Waals surface area contributed by atoms with Gasteiger partial charge in [0.2, 0.25) is 5.91 Å². The van der Waals surface area contributed by atoms with Gasteiger partial charge in [-0.3, -0.25) is 4.79 Å². The van der Waals surface area contributed by atoms with E-state index in [1.54, 1.807) is 0 Å². The lowest BCUT2D eigenvalue weighted by Gasteiger charge is -2.42. The van der Waals surface area contributed by atoms with Crippen molar-refractivity contribution in [2.75, 3.05) is 5.32 Å². The maximum absolute atomic E-state index is 12.8. The highest BCUT2D eigenvalue weighted by atomic mass is 16.2. The molecule has 0 saturated carbocycles. The monoisotopic (exact) mass is 282 g/mol. The second-order valence-electron chi connectivity index (χ2n) is 5.97. The number of hydrogen-bond acceptors (Lipinski definition) is 2. The molecule has 2 atom stereocenters. The van der Waals surface area contributed by atoms with Crippen molar-refractivity contribution in [3.63, 3.8) is 0 Å². The Hall–Kier alpha value is -2.08. The average molecular weight is 282 g/mol. The van der Waals surface area contributed by atoms with Gasteiger partial charge in [0.15, 0.2) is 0 Å². The molecule has 1 amide bonds. The second kappa shape index (κ2) is 5.73. The second-order valence-corrected chi connectivity index (χ2v) is 5.97. The molecule has 0 saturated heterocycles. The lowest BCUT2D eigenvalue weighted by molar-refractivity contribution is -0.124. The van der Waals surface area contributed by atoms with E-state index >= 15 is 0 Å². The number of para-hydroxylation sites is 1. The van der Waals surface area contributed by atoms with Crippen LogP contribution in [0.5, 0.6) is 0 Å². The fraction of sp³-hybridized carbons (Fsp3) is 0.444. The molecule has 110 valence electrons. The molecule has 1 aliphatic heterocycles. The molecule has 21 heavy (non-hydrogen) atoms. The quantitative estimate of drug-likeness (QED) is 0.796.